The predicted octanol–water partition coefficient (Wildman–Crippen LogP) is 1.97. The van der Waals surface area contributed by atoms with Crippen LogP contribution >= 0.6 is 0 Å². The molecule has 0 amide bonds. The van der Waals surface area contributed by atoms with Gasteiger partial charge in [-0.15, -0.1) is 0 Å². The number of nitrogens with one attached hydrogen (secondary N) is 2. The summed E-state index contributed by atoms with van der Waals surface area (Å²) in [5.74, 6) is 0. The van der Waals surface area contributed by atoms with Gasteiger partial charge in [0.25, 0.3) is 0 Å². The van der Waals surface area contributed by atoms with Gasteiger partial charge in [-0.2, -0.15) is 0 Å². The van der Waals surface area contributed by atoms with Crippen LogP contribution in [0.3, 0.4) is 0 Å². The van der Waals surface area contributed by atoms with Crippen molar-refractivity contribution >= 4 is 0 Å². The van der Waals surface area contributed by atoms with Crippen molar-refractivity contribution in [3.8, 4) is 0 Å². The van der Waals surface area contributed by atoms with E-state index in [4.69, 9.17) is 0 Å². The number of aromatic amines is 2. The molecule has 0 radical (unpaired) electrons. The minimum absolute atomic E-state index is 0. The van der Waals surface area contributed by atoms with E-state index >= 15 is 0 Å². The maximum Gasteiger partial charge on any atom is 0.0386 e. The molecule has 3 nitrogen and oxygen atoms in total. The molecule has 78 valence electrons. The van der Waals surface area contributed by atoms with Crippen molar-refractivity contribution in [2.24, 2.45) is 0 Å². The molecule has 0 unspecified atom stereocenters. The minimum Gasteiger partial charge on any atom is -0.364 e. The molecule has 0 fully saturated rings. The van der Waals surface area contributed by atoms with Gasteiger partial charge in [-0.05, 0) is 31.3 Å². The third-order valence-electron chi connectivity index (χ3n) is 2.21. The molecule has 0 aliphatic heterocycles. The first kappa shape index (κ1) is 12.3. The van der Waals surface area contributed by atoms with Gasteiger partial charge >= 0.3 is 0 Å². The molecule has 0 saturated heterocycles. The molecule has 0 spiro atoms. The Labute approximate surface area is 105 Å². The van der Waals surface area contributed by atoms with Gasteiger partial charge in [-0.3, -0.25) is 4.90 Å². The zero-order valence-corrected chi connectivity index (χ0v) is 10.4. The third-order valence-corrected chi connectivity index (χ3v) is 2.21. The first-order valence-corrected chi connectivity index (χ1v) is 4.77. The zero-order chi connectivity index (χ0) is 9.80. The van der Waals surface area contributed by atoms with Gasteiger partial charge in [-0.25, -0.2) is 0 Å². The first-order valence-electron chi connectivity index (χ1n) is 4.77. The summed E-state index contributed by atoms with van der Waals surface area (Å²) >= 11 is 0. The van der Waals surface area contributed by atoms with E-state index in [1.165, 1.54) is 11.4 Å². The topological polar surface area (TPSA) is 34.8 Å². The Bertz CT molecular complexity index is 317. The number of aromatic nitrogens is 2. The van der Waals surface area contributed by atoms with E-state index in [9.17, 15) is 0 Å². The van der Waals surface area contributed by atoms with E-state index in [0.717, 1.165) is 13.1 Å². The van der Waals surface area contributed by atoms with Crippen LogP contribution in [-0.4, -0.2) is 21.9 Å². The van der Waals surface area contributed by atoms with Crippen LogP contribution in [0.15, 0.2) is 36.7 Å². The second-order valence-electron chi connectivity index (χ2n) is 3.56. The normalized spacial score (nSPS) is 10.3. The summed E-state index contributed by atoms with van der Waals surface area (Å²) in [5, 5.41) is 0. The van der Waals surface area contributed by atoms with E-state index < -0.39 is 0 Å². The molecule has 4 heteroatoms. The number of nitrogens with zero attached hydrogens (tertiary/aromatic N) is 1. The fourth-order valence-corrected chi connectivity index (χ4v) is 1.57. The molecule has 2 rings (SSSR count). The van der Waals surface area contributed by atoms with Crippen LogP contribution in [0.1, 0.15) is 11.4 Å². The summed E-state index contributed by atoms with van der Waals surface area (Å²) in [5.41, 5.74) is 2.50. The molecule has 0 saturated carbocycles. The van der Waals surface area contributed by atoms with E-state index in [0.29, 0.717) is 0 Å². The van der Waals surface area contributed by atoms with E-state index in [2.05, 4.69) is 34.0 Å². The van der Waals surface area contributed by atoms with Crippen molar-refractivity contribution in [3.05, 3.63) is 48.0 Å². The fraction of sp³-hybridized carbons (Fsp3) is 0.273. The van der Waals surface area contributed by atoms with Gasteiger partial charge in [0, 0.05) is 58.6 Å². The molecule has 2 heterocycles. The Kier molecular flexibility index (Phi) is 4.89. The van der Waals surface area contributed by atoms with Crippen LogP contribution < -0.4 is 0 Å². The van der Waals surface area contributed by atoms with Gasteiger partial charge in [0.1, 0.15) is 0 Å². The predicted molar refractivity (Wildman–Crippen MR) is 56.8 cm³/mol. The van der Waals surface area contributed by atoms with Crippen LogP contribution in [0.5, 0.6) is 0 Å². The van der Waals surface area contributed by atoms with E-state index in [1.807, 2.05) is 24.5 Å². The molecule has 2 aromatic heterocycles. The molecule has 0 aromatic carbocycles. The van der Waals surface area contributed by atoms with Crippen molar-refractivity contribution < 1.29 is 21.7 Å². The number of rotatable bonds is 4. The van der Waals surface area contributed by atoms with Gasteiger partial charge in [0.05, 0.1) is 0 Å². The molecular weight excluding hydrogens is 222 g/mol. The standard InChI is InChI=1S/C11H15N3.Ti/c1-14(8-10-4-2-6-12-10)9-11-5-3-7-13-11;/h2-7,12-13H,8-9H2,1H3;. The summed E-state index contributed by atoms with van der Waals surface area (Å²) in [7, 11) is 2.11. The summed E-state index contributed by atoms with van der Waals surface area (Å²) in [6, 6.07) is 8.26. The largest absolute Gasteiger partial charge is 0.364 e. The summed E-state index contributed by atoms with van der Waals surface area (Å²) in [6.07, 6.45) is 3.91. The Morgan fingerprint density at radius 3 is 1.80 bits per heavy atom. The van der Waals surface area contributed by atoms with E-state index in [-0.39, 0.29) is 21.7 Å². The second kappa shape index (κ2) is 5.96. The Hall–Kier alpha value is -0.766. The van der Waals surface area contributed by atoms with Crippen LogP contribution in [0, 0.1) is 0 Å². The molecule has 15 heavy (non-hydrogen) atoms. The van der Waals surface area contributed by atoms with Crippen LogP contribution in [-0.2, 0) is 34.8 Å². The number of hydrogen-bond acceptors (Lipinski definition) is 1. The summed E-state index contributed by atoms with van der Waals surface area (Å²) in [6.45, 7) is 1.90. The monoisotopic (exact) mass is 237 g/mol. The molecule has 2 aromatic rings. The SMILES string of the molecule is CN(Cc1ccc[nH]1)Cc1ccc[nH]1.[Ti]. The summed E-state index contributed by atoms with van der Waals surface area (Å²) in [4.78, 5) is 8.65. The van der Waals surface area contributed by atoms with Crippen molar-refractivity contribution in [1.82, 2.24) is 14.9 Å². The minimum atomic E-state index is 0. The fourth-order valence-electron chi connectivity index (χ4n) is 1.57. The van der Waals surface area contributed by atoms with E-state index in [1.54, 1.807) is 0 Å². The molecule has 2 N–H and O–H groups in total. The van der Waals surface area contributed by atoms with Gasteiger partial charge < -0.3 is 9.97 Å². The van der Waals surface area contributed by atoms with Crippen molar-refractivity contribution in [2.45, 2.75) is 13.1 Å². The number of H-pyrrole nitrogens is 2. The Balaban J connectivity index is 0.00000112. The molecule has 0 atom stereocenters. The molecular formula is C11H15N3Ti. The summed E-state index contributed by atoms with van der Waals surface area (Å²) < 4.78 is 0. The Morgan fingerprint density at radius 2 is 1.47 bits per heavy atom. The quantitative estimate of drug-likeness (QED) is 0.783. The van der Waals surface area contributed by atoms with Crippen molar-refractivity contribution in [3.63, 3.8) is 0 Å². The maximum absolute atomic E-state index is 3.20. The Morgan fingerprint density at radius 1 is 1.00 bits per heavy atom. The average molecular weight is 237 g/mol. The van der Waals surface area contributed by atoms with Gasteiger partial charge in [-0.1, -0.05) is 0 Å². The smallest absolute Gasteiger partial charge is 0.0386 e. The molecule has 0 aliphatic carbocycles. The first-order chi connectivity index (χ1) is 6.84. The maximum atomic E-state index is 3.20. The second-order valence-corrected chi connectivity index (χ2v) is 3.56. The van der Waals surface area contributed by atoms with Crippen LogP contribution in [0.25, 0.3) is 0 Å². The molecule has 0 bridgehead atoms. The van der Waals surface area contributed by atoms with Crippen molar-refractivity contribution in [2.75, 3.05) is 7.05 Å². The van der Waals surface area contributed by atoms with Crippen molar-refractivity contribution in [1.29, 1.82) is 0 Å². The zero-order valence-electron chi connectivity index (χ0n) is 8.83. The van der Waals surface area contributed by atoms with Gasteiger partial charge in [0.2, 0.25) is 0 Å². The number of hydrogen-bond donors (Lipinski definition) is 2. The molecule has 0 aliphatic rings. The average Bonchev–Trinajstić information content (AvgIpc) is 2.76. The van der Waals surface area contributed by atoms with Crippen LogP contribution in [0.2, 0.25) is 0 Å². The van der Waals surface area contributed by atoms with Gasteiger partial charge in [0.15, 0.2) is 0 Å². The third kappa shape index (κ3) is 3.70. The van der Waals surface area contributed by atoms with Crippen LogP contribution in [0.4, 0.5) is 0 Å².